The summed E-state index contributed by atoms with van der Waals surface area (Å²) < 4.78 is 10.9. The monoisotopic (exact) mass is 1190 g/mol. The summed E-state index contributed by atoms with van der Waals surface area (Å²) in [6.45, 7) is 8.53. The number of nitrogens with two attached hydrogens (primary N) is 2. The van der Waals surface area contributed by atoms with Gasteiger partial charge in [0.1, 0.15) is 40.4 Å². The van der Waals surface area contributed by atoms with E-state index in [1.807, 2.05) is 6.07 Å². The van der Waals surface area contributed by atoms with Gasteiger partial charge in [0, 0.05) is 37.1 Å². The molecule has 0 unspecified atom stereocenters. The number of guanidine groups is 2. The smallest absolute Gasteiger partial charge is 0.326 e. The van der Waals surface area contributed by atoms with Crippen LogP contribution in [-0.4, -0.2) is 150 Å². The number of benzene rings is 4. The van der Waals surface area contributed by atoms with Crippen LogP contribution in [0.2, 0.25) is 0 Å². The molecule has 29 nitrogen and oxygen atoms in total. The van der Waals surface area contributed by atoms with Gasteiger partial charge in [-0.05, 0) is 68.0 Å². The Morgan fingerprint density at radius 3 is 1.19 bits per heavy atom. The quantitative estimate of drug-likeness (QED) is 0.00750. The van der Waals surface area contributed by atoms with Crippen molar-refractivity contribution in [1.82, 2.24) is 42.5 Å². The SMILES string of the molecule is C=CCOC[C@H](NC(=O)c1ccccc1)C(=O)N[C@H](Cc1ccccc1)C(=O)N[C@@H](CCCN/C(N)=N/[N+](=O)[O-])C(=O)O.C=CCOC[C@H](NC(=O)c1ccccc1)C(=O)N[C@H](Cc1ccccc1)C(=O)N[C@@H](CCCN/C(N)=N/[N+](=O)[O-])C(C)=O. The lowest BCUT2D eigenvalue weighted by Crippen LogP contribution is -2.57. The van der Waals surface area contributed by atoms with Gasteiger partial charge in [-0.3, -0.25) is 33.6 Å². The van der Waals surface area contributed by atoms with Crippen molar-refractivity contribution in [1.29, 1.82) is 0 Å². The van der Waals surface area contributed by atoms with Gasteiger partial charge in [0.15, 0.2) is 15.8 Å². The molecule has 4 rings (SSSR count). The molecule has 0 fully saturated rings. The molecule has 460 valence electrons. The molecule has 0 radical (unpaired) electrons. The summed E-state index contributed by atoms with van der Waals surface area (Å²) in [5.41, 5.74) is 12.8. The Morgan fingerprint density at radius 2 is 0.849 bits per heavy atom. The number of nitrogens with one attached hydrogen (secondary N) is 8. The number of nitrogens with zero attached hydrogens (tertiary/aromatic N) is 4. The highest BCUT2D eigenvalue weighted by atomic mass is 16.7. The molecule has 13 N–H and O–H groups in total. The van der Waals surface area contributed by atoms with Crippen molar-refractivity contribution in [2.45, 2.75) is 81.7 Å². The van der Waals surface area contributed by atoms with Crippen LogP contribution >= 0.6 is 0 Å². The third-order valence-electron chi connectivity index (χ3n) is 11.9. The Morgan fingerprint density at radius 1 is 0.523 bits per heavy atom. The number of hydrogen-bond acceptors (Lipinski definition) is 14. The van der Waals surface area contributed by atoms with Crippen LogP contribution in [0.25, 0.3) is 0 Å². The normalized spacial score (nSPS) is 13.1. The molecule has 0 aliphatic rings. The summed E-state index contributed by atoms with van der Waals surface area (Å²) in [6, 6.07) is 27.4. The van der Waals surface area contributed by atoms with Gasteiger partial charge in [0.05, 0.1) is 32.5 Å². The second kappa shape index (κ2) is 39.1. The first kappa shape index (κ1) is 69.8. The lowest BCUT2D eigenvalue weighted by Gasteiger charge is -2.25. The van der Waals surface area contributed by atoms with Crippen molar-refractivity contribution in [2.75, 3.05) is 39.5 Å². The highest BCUT2D eigenvalue weighted by Crippen LogP contribution is 2.10. The van der Waals surface area contributed by atoms with E-state index in [1.54, 1.807) is 115 Å². The molecule has 0 aliphatic carbocycles. The number of aliphatic carboxylic acids is 1. The molecule has 0 saturated carbocycles. The van der Waals surface area contributed by atoms with E-state index in [9.17, 15) is 63.7 Å². The largest absolute Gasteiger partial charge is 0.480 e. The number of ether oxygens (including phenoxy) is 2. The van der Waals surface area contributed by atoms with Gasteiger partial charge >= 0.3 is 5.97 Å². The molecule has 4 aromatic carbocycles. The van der Waals surface area contributed by atoms with Gasteiger partial charge in [-0.2, -0.15) is 0 Å². The molecule has 6 atom stereocenters. The van der Waals surface area contributed by atoms with Gasteiger partial charge in [-0.15, -0.1) is 13.2 Å². The topological polar surface area (TPSA) is 435 Å². The lowest BCUT2D eigenvalue weighted by atomic mass is 10.0. The first-order chi connectivity index (χ1) is 41.2. The molecule has 0 bridgehead atoms. The van der Waals surface area contributed by atoms with Crippen LogP contribution in [0.15, 0.2) is 157 Å². The third-order valence-corrected chi connectivity index (χ3v) is 11.9. The predicted octanol–water partition coefficient (Wildman–Crippen LogP) is 0.826. The number of hydrogen-bond donors (Lipinski definition) is 11. The zero-order valence-electron chi connectivity index (χ0n) is 47.2. The first-order valence-electron chi connectivity index (χ1n) is 26.8. The number of amides is 6. The summed E-state index contributed by atoms with van der Waals surface area (Å²) >= 11 is 0. The van der Waals surface area contributed by atoms with Gasteiger partial charge in [-0.1, -0.05) is 109 Å². The van der Waals surface area contributed by atoms with Crippen LogP contribution in [0.3, 0.4) is 0 Å². The molecule has 0 saturated heterocycles. The van der Waals surface area contributed by atoms with Crippen LogP contribution in [0.4, 0.5) is 0 Å². The lowest BCUT2D eigenvalue weighted by molar-refractivity contribution is -0.485. The Hall–Kier alpha value is -10.4. The van der Waals surface area contributed by atoms with Crippen molar-refractivity contribution in [3.05, 3.63) is 189 Å². The van der Waals surface area contributed by atoms with Crippen LogP contribution in [0.1, 0.15) is 64.4 Å². The number of carboxylic acid groups (broad SMARTS) is 1. The van der Waals surface area contributed by atoms with Gasteiger partial charge in [0.2, 0.25) is 23.6 Å². The van der Waals surface area contributed by atoms with Crippen molar-refractivity contribution >= 4 is 59.1 Å². The average molecular weight is 1190 g/mol. The van der Waals surface area contributed by atoms with E-state index in [-0.39, 0.29) is 83.4 Å². The maximum atomic E-state index is 13.4. The molecule has 29 heteroatoms. The minimum atomic E-state index is -1.34. The fourth-order valence-corrected chi connectivity index (χ4v) is 7.70. The molecule has 0 heterocycles. The Balaban J connectivity index is 0.000000450. The fraction of sp³-hybridized carbons (Fsp3) is 0.333. The number of Topliss-reactive ketones (excluding diaryl/α,β-unsaturated/α-hetero) is 1. The fourth-order valence-electron chi connectivity index (χ4n) is 7.70. The van der Waals surface area contributed by atoms with Crippen LogP contribution in [-0.2, 0) is 51.1 Å². The molecule has 6 amide bonds. The van der Waals surface area contributed by atoms with E-state index in [1.165, 1.54) is 19.1 Å². The van der Waals surface area contributed by atoms with Gasteiger partial charge in [-0.25, -0.2) is 25.0 Å². The van der Waals surface area contributed by atoms with Crippen molar-refractivity contribution in [2.24, 2.45) is 21.7 Å². The van der Waals surface area contributed by atoms with Crippen LogP contribution in [0.5, 0.6) is 0 Å². The predicted molar refractivity (Wildman–Crippen MR) is 315 cm³/mol. The number of carbonyl (C=O) groups is 8. The minimum absolute atomic E-state index is 0.0209. The van der Waals surface area contributed by atoms with E-state index in [0.717, 1.165) is 5.56 Å². The highest BCUT2D eigenvalue weighted by Gasteiger charge is 2.32. The number of ketones is 1. The molecule has 0 spiro atoms. The summed E-state index contributed by atoms with van der Waals surface area (Å²) in [5, 5.41) is 55.1. The van der Waals surface area contributed by atoms with Crippen molar-refractivity contribution in [3.63, 3.8) is 0 Å². The van der Waals surface area contributed by atoms with Crippen molar-refractivity contribution < 1.29 is 63.0 Å². The van der Waals surface area contributed by atoms with Crippen LogP contribution in [0, 0.1) is 20.2 Å². The minimum Gasteiger partial charge on any atom is -0.480 e. The van der Waals surface area contributed by atoms with E-state index in [2.05, 4.69) is 65.9 Å². The second-order valence-corrected chi connectivity index (χ2v) is 18.6. The number of nitro groups is 2. The van der Waals surface area contributed by atoms with E-state index in [4.69, 9.17) is 20.9 Å². The Kier molecular flexibility index (Phi) is 31.8. The molecule has 86 heavy (non-hydrogen) atoms. The van der Waals surface area contributed by atoms with Crippen molar-refractivity contribution in [3.8, 4) is 0 Å². The summed E-state index contributed by atoms with van der Waals surface area (Å²) in [6.07, 6.45) is 3.72. The average Bonchev–Trinajstić information content (AvgIpc) is 3.66. The first-order valence-corrected chi connectivity index (χ1v) is 26.8. The number of hydrazone groups is 2. The highest BCUT2D eigenvalue weighted by molar-refractivity contribution is 6.00. The number of carboxylic acids is 1. The summed E-state index contributed by atoms with van der Waals surface area (Å²) in [5.74, 6) is -6.27. The standard InChI is InChI=1S/C29H37N7O7.C28H35N7O8/c1-3-17-43-19-25(34-26(38)22-13-8-5-9-14-22)28(40)33-24(18-21-11-6-4-7-12-21)27(39)32-23(20(2)37)15-10-16-31-29(30)35-36(41)42;1-2-16-43-18-23(33-24(36)20-12-7-4-8-13-20)26(38)32-22(17-19-10-5-3-6-11-19)25(37)31-21(27(39)40)14-9-15-30-28(29)34-35(41)42/h3-9,11-14,23-25H,1,10,15-19H2,2H3,(H,32,39)(H,33,40)(H,34,38)(H3,30,31,35);2-8,10-13,21-23H,1,9,14-18H2,(H,31,37)(H,32,38)(H,33,36)(H,39,40)(H3,29,30,34)/t23-,24+,25-;21-,22+,23-/m00/s1. The summed E-state index contributed by atoms with van der Waals surface area (Å²) in [7, 11) is 0. The maximum absolute atomic E-state index is 13.4. The zero-order valence-corrected chi connectivity index (χ0v) is 47.2. The molecule has 0 aromatic heterocycles. The Bertz CT molecular complexity index is 2740. The van der Waals surface area contributed by atoms with E-state index in [0.29, 0.717) is 23.1 Å². The van der Waals surface area contributed by atoms with Crippen LogP contribution < -0.4 is 54.0 Å². The molecular weight excluding hydrogens is 1120 g/mol. The second-order valence-electron chi connectivity index (χ2n) is 18.6. The summed E-state index contributed by atoms with van der Waals surface area (Å²) in [4.78, 5) is 124. The van der Waals surface area contributed by atoms with Gasteiger partial charge < -0.3 is 68.6 Å². The number of carbonyl (C=O) groups excluding carboxylic acids is 7. The number of rotatable bonds is 36. The third kappa shape index (κ3) is 28.0. The van der Waals surface area contributed by atoms with E-state index < -0.39 is 93.7 Å². The van der Waals surface area contributed by atoms with E-state index >= 15 is 0 Å². The zero-order chi connectivity index (χ0) is 63.2. The maximum Gasteiger partial charge on any atom is 0.326 e. The molecule has 0 aliphatic heterocycles. The van der Waals surface area contributed by atoms with Gasteiger partial charge in [0.25, 0.3) is 23.7 Å². The Labute approximate surface area is 495 Å². The molecule has 4 aromatic rings. The molecular formula is C57H72N14O15.